The van der Waals surface area contributed by atoms with Gasteiger partial charge in [-0.15, -0.1) is 0 Å². The molecule has 22 heteroatoms. The van der Waals surface area contributed by atoms with Crippen LogP contribution in [0.15, 0.2) is 48.5 Å². The Kier molecular flexibility index (Phi) is 62.3. The number of H-pyrrole nitrogens is 2. The van der Waals surface area contributed by atoms with Crippen molar-refractivity contribution in [2.45, 2.75) is 427 Å². The van der Waals surface area contributed by atoms with Crippen molar-refractivity contribution in [3.05, 3.63) is 48.5 Å². The summed E-state index contributed by atoms with van der Waals surface area (Å²) in [4.78, 5) is 41.8. The van der Waals surface area contributed by atoms with Crippen LogP contribution in [-0.4, -0.2) is 173 Å². The van der Waals surface area contributed by atoms with Gasteiger partial charge in [-0.05, 0) is 87.1 Å². The molecule has 0 amide bonds. The first-order valence-corrected chi connectivity index (χ1v) is 57.2. The molecule has 0 unspecified atom stereocenters. The van der Waals surface area contributed by atoms with Crippen LogP contribution in [0.1, 0.15) is 427 Å². The number of nitrogens with one attached hydrogen (secondary N) is 2. The molecule has 2 aliphatic heterocycles. The Hall–Kier alpha value is -7.60. The molecule has 7 aromatic rings. The summed E-state index contributed by atoms with van der Waals surface area (Å²) in [5.74, 6) is 6.54. The summed E-state index contributed by atoms with van der Waals surface area (Å²) < 4.78 is 90.1. The molecule has 0 atom stereocenters. The number of hydrogen-bond acceptors (Lipinski definition) is 20. The first kappa shape index (κ1) is 116. The van der Waals surface area contributed by atoms with Crippen LogP contribution in [0.3, 0.4) is 0 Å². The van der Waals surface area contributed by atoms with Gasteiger partial charge in [0.25, 0.3) is 0 Å². The van der Waals surface area contributed by atoms with Gasteiger partial charge in [-0.25, -0.2) is 29.9 Å². The van der Waals surface area contributed by atoms with E-state index >= 15 is 0 Å². The van der Waals surface area contributed by atoms with Gasteiger partial charge in [-0.2, -0.15) is 0 Å². The predicted molar refractivity (Wildman–Crippen MR) is 578 cm³/mol. The predicted octanol–water partition coefficient (Wildman–Crippen LogP) is 32.8. The zero-order chi connectivity index (χ0) is 98.2. The molecule has 0 fully saturated rings. The van der Waals surface area contributed by atoms with Crippen molar-refractivity contribution in [2.75, 3.05) is 133 Å². The Bertz CT molecular complexity index is 4100. The first-order chi connectivity index (χ1) is 69.3. The third-order valence-corrected chi connectivity index (χ3v) is 27.2. The zero-order valence-electron chi connectivity index (χ0n) is 89.2. The fourth-order valence-electron chi connectivity index (χ4n) is 18.7. The zero-order valence-corrected chi connectivity index (χ0v) is 89.2. The smallest absolute Gasteiger partial charge is 0.164 e. The maximum Gasteiger partial charge on any atom is 0.164 e. The van der Waals surface area contributed by atoms with Gasteiger partial charge in [0.1, 0.15) is 35.8 Å². The normalized spacial score (nSPS) is 11.8. The fraction of sp³-hybridized carbons (Fsp3) is 0.729. The number of nitrogens with zero attached hydrogens (tertiary/aromatic N) is 6. The van der Waals surface area contributed by atoms with Crippen molar-refractivity contribution >= 4 is 44.1 Å². The van der Waals surface area contributed by atoms with Crippen molar-refractivity contribution in [1.82, 2.24) is 39.9 Å². The molecule has 2 N–H and O–H groups in total. The first-order valence-electron chi connectivity index (χ1n) is 57.2. The van der Waals surface area contributed by atoms with E-state index in [1.807, 2.05) is 12.1 Å². The molecule has 0 radical (unpaired) electrons. The van der Waals surface area contributed by atoms with Crippen LogP contribution in [0, 0.1) is 0 Å². The van der Waals surface area contributed by atoms with E-state index in [0.717, 1.165) is 110 Å². The molecule has 786 valence electrons. The van der Waals surface area contributed by atoms with Gasteiger partial charge in [0.2, 0.25) is 0 Å². The molecule has 0 saturated carbocycles. The maximum atomic E-state index is 7.06. The van der Waals surface area contributed by atoms with Crippen molar-refractivity contribution in [2.24, 2.45) is 0 Å². The quantitative estimate of drug-likeness (QED) is 0.0337. The van der Waals surface area contributed by atoms with Gasteiger partial charge in [-0.1, -0.05) is 388 Å². The van der Waals surface area contributed by atoms with Crippen molar-refractivity contribution in [1.29, 1.82) is 0 Å². The number of aromatic amines is 2. The van der Waals surface area contributed by atoms with Crippen LogP contribution >= 0.6 is 0 Å². The van der Waals surface area contributed by atoms with Crippen LogP contribution < -0.4 is 37.9 Å². The third kappa shape index (κ3) is 44.9. The van der Waals surface area contributed by atoms with Gasteiger partial charge in [-0.3, -0.25) is 0 Å². The molecule has 3 aromatic heterocycles. The lowest BCUT2D eigenvalue weighted by atomic mass is 10.1. The summed E-state index contributed by atoms with van der Waals surface area (Å²) in [6, 6.07) is 16.6. The minimum Gasteiger partial charge on any atom is -0.490 e. The molecule has 8 bridgehead atoms. The highest BCUT2D eigenvalue weighted by Gasteiger charge is 2.29. The van der Waals surface area contributed by atoms with E-state index < -0.39 is 0 Å². The average Bonchev–Trinajstić information content (AvgIpc) is 1.59. The monoisotopic (exact) mass is 1940 g/mol. The van der Waals surface area contributed by atoms with Gasteiger partial charge < -0.3 is 76.3 Å². The molecule has 4 aromatic carbocycles. The highest BCUT2D eigenvalue weighted by atomic mass is 16.6. The Labute approximate surface area is 845 Å². The second-order valence-electron chi connectivity index (χ2n) is 39.3. The van der Waals surface area contributed by atoms with E-state index in [2.05, 4.69) is 87.9 Å². The molecule has 22 nitrogen and oxygen atoms in total. The van der Waals surface area contributed by atoms with Crippen LogP contribution in [-0.2, 0) is 28.4 Å². The molecule has 9 rings (SSSR count). The SMILES string of the molecule is CCCCCCCCCCCCOc1cc2c(cc1OCCCCCCCCCCCC)-c1nc-2nc2[nH]c(nc3nc(nc4[nH]c(n1)c1cc(OCCOCCOCCOC)c(OCCOCCOCCOC)cc41)-c1cc(OCCCCCCCCCCCC)c(OCCCCCCCCCCCC)cc1-3)c1cc(OCCCCCCCCCCCC)c(OCCCCCCCCCCCC)cc21. The number of hydrogen-bond donors (Lipinski definition) is 2. The topological polar surface area (TPSA) is 238 Å². The molecule has 5 heterocycles. The number of fused-ring (bicyclic) bond motifs is 20. The minimum absolute atomic E-state index is 0.203. The third-order valence-electron chi connectivity index (χ3n) is 27.2. The summed E-state index contributed by atoms with van der Waals surface area (Å²) in [5, 5.41) is 2.95. The summed E-state index contributed by atoms with van der Waals surface area (Å²) in [5.41, 5.74) is 4.95. The van der Waals surface area contributed by atoms with Crippen LogP contribution in [0.4, 0.5) is 0 Å². The molecule has 2 aliphatic rings. The van der Waals surface area contributed by atoms with Crippen molar-refractivity contribution in [3.63, 3.8) is 0 Å². The minimum atomic E-state index is 0.203. The van der Waals surface area contributed by atoms with Gasteiger partial charge in [0.05, 0.1) is 106 Å². The molecule has 0 saturated heterocycles. The average molecular weight is 1940 g/mol. The molecule has 0 aliphatic carbocycles. The van der Waals surface area contributed by atoms with Crippen LogP contribution in [0.5, 0.6) is 46.0 Å². The summed E-state index contributed by atoms with van der Waals surface area (Å²) >= 11 is 0. The lowest BCUT2D eigenvalue weighted by Gasteiger charge is -2.15. The molecular formula is C118H190N8O14. The van der Waals surface area contributed by atoms with Gasteiger partial charge >= 0.3 is 0 Å². The Morgan fingerprint density at radius 2 is 0.314 bits per heavy atom. The number of benzene rings is 4. The van der Waals surface area contributed by atoms with E-state index in [0.29, 0.717) is 195 Å². The number of ether oxygens (including phenoxy) is 14. The van der Waals surface area contributed by atoms with Crippen molar-refractivity contribution in [3.8, 4) is 91.5 Å². The second kappa shape index (κ2) is 75.2. The van der Waals surface area contributed by atoms with Crippen LogP contribution in [0.25, 0.3) is 89.7 Å². The molecule has 0 spiro atoms. The number of rotatable bonds is 92. The second-order valence-corrected chi connectivity index (χ2v) is 39.3. The maximum absolute atomic E-state index is 7.06. The van der Waals surface area contributed by atoms with Gasteiger partial charge in [0, 0.05) is 58.0 Å². The van der Waals surface area contributed by atoms with E-state index in [1.165, 1.54) is 308 Å². The van der Waals surface area contributed by atoms with E-state index in [9.17, 15) is 0 Å². The standard InChI is InChI=1S/C118H190N8O14/c1-9-15-21-27-33-39-45-51-57-63-69-133-103-87-95-96(88-104(103)134-70-64-58-52-46-40-34-28-22-16-10-2)112-119-111(95)120-113-97-89-105(135-71-65-59-53-47-41-35-29-23-17-11-3)107(137-73-67-61-55-49-43-37-31-25-19-13-5)91-99(97)115(122-113)124-117-101-93-109(139-85-83-131-81-79-129-77-75-127-7)110(140-86-84-132-82-80-130-78-76-128-8)94-102(101)118(126-117)125-116-100-92-108(138-74-68-62-56-50-44-38-32-26-20-14-6)106(90-98(100)114(121-112)123-116)136-72-66-60-54-48-42-36-30-24-18-12-4/h87-94H,9-86H2,1-8H3,(H2,119,120,121,122,123,124,125,126). The summed E-state index contributed by atoms with van der Waals surface area (Å²) in [6.07, 6.45) is 73.2. The lowest BCUT2D eigenvalue weighted by Crippen LogP contribution is -2.14. The highest BCUT2D eigenvalue weighted by Crippen LogP contribution is 2.47. The van der Waals surface area contributed by atoms with Crippen LogP contribution in [0.2, 0.25) is 0 Å². The Balaban J connectivity index is 1.25. The van der Waals surface area contributed by atoms with E-state index in [1.54, 1.807) is 14.2 Å². The highest BCUT2D eigenvalue weighted by molar-refractivity contribution is 6.08. The molecular weight excluding hydrogens is 1750 g/mol. The molecule has 140 heavy (non-hydrogen) atoms. The summed E-state index contributed by atoms with van der Waals surface area (Å²) in [7, 11) is 3.34. The number of methoxy groups -OCH3 is 2. The van der Waals surface area contributed by atoms with Crippen molar-refractivity contribution < 1.29 is 66.3 Å². The number of unbranched alkanes of at least 4 members (excludes halogenated alkanes) is 54. The Morgan fingerprint density at radius 3 is 0.493 bits per heavy atom. The summed E-state index contributed by atoms with van der Waals surface area (Å²) in [6.45, 7) is 21.5. The van der Waals surface area contributed by atoms with Gasteiger partial charge in [0.15, 0.2) is 69.3 Å². The fourth-order valence-corrected chi connectivity index (χ4v) is 18.7. The Morgan fingerprint density at radius 1 is 0.164 bits per heavy atom. The van der Waals surface area contributed by atoms with E-state index in [-0.39, 0.29) is 26.4 Å². The van der Waals surface area contributed by atoms with E-state index in [4.69, 9.17) is 96.2 Å². The number of aromatic nitrogens is 8. The largest absolute Gasteiger partial charge is 0.490 e. The lowest BCUT2D eigenvalue weighted by molar-refractivity contribution is 0.0160.